The Labute approximate surface area is 78.9 Å². The summed E-state index contributed by atoms with van der Waals surface area (Å²) in [6, 6.07) is 0. The molecule has 4 N–H and O–H groups in total. The molecule has 9 nitrogen and oxygen atoms in total. The Bertz CT molecular complexity index is 210. The first-order chi connectivity index (χ1) is 6.60. The molecule has 0 rings (SSSR count). The molecular weight excluding hydrogens is 219 g/mol. The molecule has 0 bridgehead atoms. The van der Waals surface area contributed by atoms with Crippen molar-refractivity contribution in [3.05, 3.63) is 0 Å². The van der Waals surface area contributed by atoms with Crippen LogP contribution in [0.25, 0.3) is 0 Å². The lowest BCUT2D eigenvalue weighted by Crippen LogP contribution is -2.24. The second-order valence-corrected chi connectivity index (χ2v) is 2.80. The molecule has 0 fully saturated rings. The number of rotatable bonds is 6. The third kappa shape index (κ3) is 6.40. The Morgan fingerprint density at radius 3 is 1.71 bits per heavy atom. The SMILES string of the molecule is O=C(CO[P+](=O)OCC(=O)NO)NO. The fraction of sp³-hybridized carbons (Fsp3) is 0.500. The Balaban J connectivity index is 3.56. The molecule has 0 aliphatic rings. The Morgan fingerprint density at radius 1 is 1.07 bits per heavy atom. The van der Waals surface area contributed by atoms with Crippen LogP contribution in [0.15, 0.2) is 0 Å². The minimum Gasteiger partial charge on any atom is -0.289 e. The normalized spacial score (nSPS) is 9.29. The molecule has 0 atom stereocenters. The minimum atomic E-state index is -2.65. The average Bonchev–Trinajstić information content (AvgIpc) is 2.22. The van der Waals surface area contributed by atoms with Crippen molar-refractivity contribution >= 4 is 20.1 Å². The third-order valence-electron chi connectivity index (χ3n) is 0.852. The van der Waals surface area contributed by atoms with Gasteiger partial charge in [-0.1, -0.05) is 0 Å². The van der Waals surface area contributed by atoms with Gasteiger partial charge in [0.2, 0.25) is 0 Å². The van der Waals surface area contributed by atoms with E-state index in [-0.39, 0.29) is 0 Å². The van der Waals surface area contributed by atoms with Gasteiger partial charge in [0.05, 0.1) is 0 Å². The summed E-state index contributed by atoms with van der Waals surface area (Å²) >= 11 is 0. The van der Waals surface area contributed by atoms with Crippen LogP contribution in [0.3, 0.4) is 0 Å². The summed E-state index contributed by atoms with van der Waals surface area (Å²) in [6.07, 6.45) is 0. The average molecular weight is 227 g/mol. The molecule has 2 amide bonds. The zero-order valence-electron chi connectivity index (χ0n) is 6.80. The molecule has 0 aliphatic heterocycles. The highest BCUT2D eigenvalue weighted by atomic mass is 31.1. The van der Waals surface area contributed by atoms with Gasteiger partial charge in [0.25, 0.3) is 11.8 Å². The first-order valence-corrected chi connectivity index (χ1v) is 4.28. The van der Waals surface area contributed by atoms with Crippen LogP contribution >= 0.6 is 8.25 Å². The van der Waals surface area contributed by atoms with E-state index in [9.17, 15) is 14.2 Å². The number of amides is 2. The second-order valence-electron chi connectivity index (χ2n) is 1.84. The first-order valence-electron chi connectivity index (χ1n) is 3.19. The van der Waals surface area contributed by atoms with Crippen molar-refractivity contribution in [3.63, 3.8) is 0 Å². The summed E-state index contributed by atoms with van der Waals surface area (Å²) in [5.74, 6) is -1.83. The molecule has 0 aromatic rings. The largest absolute Gasteiger partial charge is 0.698 e. The van der Waals surface area contributed by atoms with Crippen molar-refractivity contribution in [1.82, 2.24) is 11.0 Å². The first kappa shape index (κ1) is 12.9. The number of hydrogen-bond donors (Lipinski definition) is 4. The van der Waals surface area contributed by atoms with Gasteiger partial charge in [-0.3, -0.25) is 20.0 Å². The van der Waals surface area contributed by atoms with Crippen LogP contribution in [-0.2, 0) is 23.2 Å². The van der Waals surface area contributed by atoms with Crippen molar-refractivity contribution < 1.29 is 33.6 Å². The highest BCUT2D eigenvalue weighted by Crippen LogP contribution is 2.22. The number of hydroxylamine groups is 2. The van der Waals surface area contributed by atoms with E-state index in [2.05, 4.69) is 9.05 Å². The van der Waals surface area contributed by atoms with E-state index in [1.165, 1.54) is 11.0 Å². The molecule has 14 heavy (non-hydrogen) atoms. The molecule has 0 aliphatic carbocycles. The van der Waals surface area contributed by atoms with Crippen LogP contribution in [0.1, 0.15) is 0 Å². The Morgan fingerprint density at radius 2 is 1.43 bits per heavy atom. The van der Waals surface area contributed by atoms with Crippen LogP contribution in [0, 0.1) is 0 Å². The number of carbonyl (C=O) groups excluding carboxylic acids is 2. The summed E-state index contributed by atoms with van der Waals surface area (Å²) < 4.78 is 19.2. The molecule has 10 heteroatoms. The predicted octanol–water partition coefficient (Wildman–Crippen LogP) is -1.31. The van der Waals surface area contributed by atoms with Gasteiger partial charge in [0.15, 0.2) is 13.2 Å². The van der Waals surface area contributed by atoms with Crippen LogP contribution in [0.4, 0.5) is 0 Å². The fourth-order valence-electron chi connectivity index (χ4n) is 0.324. The molecule has 0 saturated carbocycles. The molecular formula is C4H8N2O7P+. The quantitative estimate of drug-likeness (QED) is 0.251. The van der Waals surface area contributed by atoms with Gasteiger partial charge in [-0.2, -0.15) is 0 Å². The van der Waals surface area contributed by atoms with E-state index < -0.39 is 33.3 Å². The smallest absolute Gasteiger partial charge is 0.289 e. The van der Waals surface area contributed by atoms with E-state index in [1.807, 2.05) is 0 Å². The summed E-state index contributed by atoms with van der Waals surface area (Å²) in [5, 5.41) is 16.0. The monoisotopic (exact) mass is 227 g/mol. The van der Waals surface area contributed by atoms with Gasteiger partial charge in [0, 0.05) is 4.57 Å². The molecule has 0 saturated heterocycles. The van der Waals surface area contributed by atoms with Crippen molar-refractivity contribution in [1.29, 1.82) is 0 Å². The number of hydrogen-bond acceptors (Lipinski definition) is 7. The van der Waals surface area contributed by atoms with Crippen molar-refractivity contribution in [2.24, 2.45) is 0 Å². The van der Waals surface area contributed by atoms with Gasteiger partial charge >= 0.3 is 8.25 Å². The molecule has 0 aromatic carbocycles. The van der Waals surface area contributed by atoms with Crippen LogP contribution in [-0.4, -0.2) is 35.4 Å². The fourth-order valence-corrected chi connectivity index (χ4v) is 0.844. The highest BCUT2D eigenvalue weighted by Gasteiger charge is 2.23. The Kier molecular flexibility index (Phi) is 6.72. The van der Waals surface area contributed by atoms with E-state index in [4.69, 9.17) is 10.4 Å². The van der Waals surface area contributed by atoms with Gasteiger partial charge in [0.1, 0.15) is 0 Å². The third-order valence-corrected chi connectivity index (χ3v) is 1.53. The van der Waals surface area contributed by atoms with Gasteiger partial charge in [-0.15, -0.1) is 9.05 Å². The van der Waals surface area contributed by atoms with E-state index >= 15 is 0 Å². The lowest BCUT2D eigenvalue weighted by molar-refractivity contribution is -0.132. The summed E-state index contributed by atoms with van der Waals surface area (Å²) in [5.41, 5.74) is 2.46. The maximum atomic E-state index is 10.7. The minimum absolute atomic E-state index is 0.674. The van der Waals surface area contributed by atoms with Crippen molar-refractivity contribution in [2.45, 2.75) is 0 Å². The van der Waals surface area contributed by atoms with Gasteiger partial charge in [-0.25, -0.2) is 11.0 Å². The zero-order chi connectivity index (χ0) is 11.0. The predicted molar refractivity (Wildman–Crippen MR) is 39.4 cm³/mol. The molecule has 80 valence electrons. The van der Waals surface area contributed by atoms with Crippen molar-refractivity contribution in [3.8, 4) is 0 Å². The van der Waals surface area contributed by atoms with E-state index in [0.717, 1.165) is 0 Å². The molecule has 0 aromatic heterocycles. The van der Waals surface area contributed by atoms with Gasteiger partial charge < -0.3 is 0 Å². The lowest BCUT2D eigenvalue weighted by atomic mass is 10.7. The summed E-state index contributed by atoms with van der Waals surface area (Å²) in [7, 11) is -2.65. The number of carbonyl (C=O) groups is 2. The molecule has 0 heterocycles. The van der Waals surface area contributed by atoms with Crippen molar-refractivity contribution in [2.75, 3.05) is 13.2 Å². The zero-order valence-corrected chi connectivity index (χ0v) is 7.69. The topological polar surface area (TPSA) is 134 Å². The summed E-state index contributed by atoms with van der Waals surface area (Å²) in [6.45, 7) is -1.35. The van der Waals surface area contributed by atoms with Crippen LogP contribution in [0.5, 0.6) is 0 Å². The van der Waals surface area contributed by atoms with E-state index in [0.29, 0.717) is 0 Å². The standard InChI is InChI=1S/C4H7N2O7P/c7-3(5-9)1-12-14(11)13-2-4(8)6-10/h1-2H2,(H3-,5,6,7,8,9,10)/p+1. The maximum absolute atomic E-state index is 10.7. The van der Waals surface area contributed by atoms with Crippen LogP contribution in [0.2, 0.25) is 0 Å². The Hall–Kier alpha value is -1.12. The number of nitrogens with one attached hydrogen (secondary N) is 2. The maximum Gasteiger partial charge on any atom is 0.698 e. The highest BCUT2D eigenvalue weighted by molar-refractivity contribution is 7.33. The van der Waals surface area contributed by atoms with E-state index in [1.54, 1.807) is 0 Å². The van der Waals surface area contributed by atoms with Crippen LogP contribution < -0.4 is 11.0 Å². The lowest BCUT2D eigenvalue weighted by Gasteiger charge is -1.91. The molecule has 0 unspecified atom stereocenters. The molecule has 0 radical (unpaired) electrons. The van der Waals surface area contributed by atoms with Gasteiger partial charge in [-0.05, 0) is 0 Å². The molecule has 0 spiro atoms. The second kappa shape index (κ2) is 7.30. The summed E-state index contributed by atoms with van der Waals surface area (Å²) in [4.78, 5) is 20.6.